The molecule has 1 aromatic carbocycles. The number of likely N-dealkylation sites (tertiary alicyclic amines) is 1. The fourth-order valence-corrected chi connectivity index (χ4v) is 3.87. The molecule has 0 radical (unpaired) electrons. The van der Waals surface area contributed by atoms with Crippen LogP contribution in [0.4, 0.5) is 0 Å². The lowest BCUT2D eigenvalue weighted by atomic mass is 10.00. The molecule has 1 fully saturated rings. The van der Waals surface area contributed by atoms with Crippen molar-refractivity contribution in [2.45, 2.75) is 52.4 Å². The molecule has 220 valence electrons. The van der Waals surface area contributed by atoms with E-state index in [0.717, 1.165) is 37.1 Å². The number of hydrogen-bond donors (Lipinski definition) is 3. The summed E-state index contributed by atoms with van der Waals surface area (Å²) in [5.41, 5.74) is 2.16. The summed E-state index contributed by atoms with van der Waals surface area (Å²) in [6.07, 6.45) is 24.9. The first-order chi connectivity index (χ1) is 19.5. The van der Waals surface area contributed by atoms with Gasteiger partial charge in [-0.2, -0.15) is 0 Å². The maximum Gasteiger partial charge on any atom is 0.119 e. The highest BCUT2D eigenvalue weighted by Crippen LogP contribution is 2.21. The van der Waals surface area contributed by atoms with E-state index in [-0.39, 0.29) is 17.4 Å². The molecular formula is C35H51NO4. The Morgan fingerprint density at radius 1 is 0.925 bits per heavy atom. The maximum absolute atomic E-state index is 10.3. The van der Waals surface area contributed by atoms with Crippen LogP contribution in [0.3, 0.4) is 0 Å². The van der Waals surface area contributed by atoms with Gasteiger partial charge in [0.2, 0.25) is 0 Å². The van der Waals surface area contributed by atoms with Gasteiger partial charge in [-0.1, -0.05) is 73.6 Å². The zero-order valence-electron chi connectivity index (χ0n) is 25.0. The molecule has 3 N–H and O–H groups in total. The molecule has 5 heteroatoms. The van der Waals surface area contributed by atoms with Gasteiger partial charge in [0.25, 0.3) is 0 Å². The molecule has 1 unspecified atom stereocenters. The second-order valence-electron chi connectivity index (χ2n) is 9.13. The van der Waals surface area contributed by atoms with E-state index < -0.39 is 0 Å². The Labute approximate surface area is 243 Å². The van der Waals surface area contributed by atoms with Gasteiger partial charge in [0.05, 0.1) is 0 Å². The van der Waals surface area contributed by atoms with Gasteiger partial charge in [0, 0.05) is 19.6 Å². The van der Waals surface area contributed by atoms with Gasteiger partial charge in [-0.3, -0.25) is 4.90 Å². The summed E-state index contributed by atoms with van der Waals surface area (Å²) < 4.78 is 5.92. The van der Waals surface area contributed by atoms with E-state index in [0.29, 0.717) is 6.42 Å². The first-order valence-corrected chi connectivity index (χ1v) is 14.0. The number of aliphatic hydroxyl groups excluding tert-OH is 3. The van der Waals surface area contributed by atoms with Gasteiger partial charge < -0.3 is 20.1 Å². The van der Waals surface area contributed by atoms with Crippen molar-refractivity contribution in [2.75, 3.05) is 33.4 Å². The summed E-state index contributed by atoms with van der Waals surface area (Å²) in [7, 11) is 1.00. The summed E-state index contributed by atoms with van der Waals surface area (Å²) >= 11 is 0. The van der Waals surface area contributed by atoms with Gasteiger partial charge in [0.1, 0.15) is 23.9 Å². The molecule has 1 saturated heterocycles. The largest absolute Gasteiger partial charge is 0.508 e. The van der Waals surface area contributed by atoms with Gasteiger partial charge in [-0.25, -0.2) is 0 Å². The summed E-state index contributed by atoms with van der Waals surface area (Å²) in [5.74, 6) is 1.45. The van der Waals surface area contributed by atoms with E-state index >= 15 is 0 Å². The monoisotopic (exact) mass is 549 g/mol. The summed E-state index contributed by atoms with van der Waals surface area (Å²) in [6, 6.07) is 8.15. The van der Waals surface area contributed by atoms with Crippen molar-refractivity contribution in [3.8, 4) is 5.75 Å². The van der Waals surface area contributed by atoms with Crippen LogP contribution < -0.4 is 4.74 Å². The Bertz CT molecular complexity index is 991. The zero-order chi connectivity index (χ0) is 30.0. The van der Waals surface area contributed by atoms with Gasteiger partial charge >= 0.3 is 0 Å². The van der Waals surface area contributed by atoms with Crippen molar-refractivity contribution in [1.29, 1.82) is 0 Å². The number of aliphatic hydroxyl groups is 3. The van der Waals surface area contributed by atoms with Crippen molar-refractivity contribution in [3.63, 3.8) is 0 Å². The number of ether oxygens (including phenoxy) is 1. The Morgan fingerprint density at radius 3 is 2.23 bits per heavy atom. The van der Waals surface area contributed by atoms with Gasteiger partial charge in [0.15, 0.2) is 0 Å². The van der Waals surface area contributed by atoms with Crippen LogP contribution in [0.5, 0.6) is 5.75 Å². The fraction of sp³-hybridized carbons (Fsp3) is 0.371. The minimum Gasteiger partial charge on any atom is -0.508 e. The molecule has 5 nitrogen and oxygen atoms in total. The van der Waals surface area contributed by atoms with Crippen LogP contribution in [0.1, 0.15) is 57.9 Å². The SMILES string of the molecule is C=C.CO.C\C=C/C=C/C(O)=C\C=C(C)\C=C\C/C=C\C(O)=C/C(C)c1ccc(OCCN2CCCCC2)cc1. The molecule has 0 aliphatic carbocycles. The number of benzene rings is 1. The number of hydrogen-bond acceptors (Lipinski definition) is 5. The average Bonchev–Trinajstić information content (AvgIpc) is 2.99. The highest BCUT2D eigenvalue weighted by molar-refractivity contribution is 5.32. The quantitative estimate of drug-likeness (QED) is 0.131. The third-order valence-electron chi connectivity index (χ3n) is 5.98. The number of nitrogens with zero attached hydrogens (tertiary/aromatic N) is 1. The molecular weight excluding hydrogens is 498 g/mol. The molecule has 1 atom stereocenters. The topological polar surface area (TPSA) is 73.2 Å². The molecule has 1 aliphatic heterocycles. The molecule has 0 aromatic heterocycles. The van der Waals surface area contributed by atoms with Crippen molar-refractivity contribution in [2.24, 2.45) is 0 Å². The maximum atomic E-state index is 10.3. The predicted molar refractivity (Wildman–Crippen MR) is 172 cm³/mol. The third kappa shape index (κ3) is 17.9. The van der Waals surface area contributed by atoms with Crippen LogP contribution in [0.2, 0.25) is 0 Å². The van der Waals surface area contributed by atoms with E-state index in [9.17, 15) is 10.2 Å². The van der Waals surface area contributed by atoms with Crippen LogP contribution in [-0.2, 0) is 0 Å². The van der Waals surface area contributed by atoms with Crippen molar-refractivity contribution in [3.05, 3.63) is 127 Å². The van der Waals surface area contributed by atoms with E-state index in [1.807, 2.05) is 68.5 Å². The summed E-state index contributed by atoms with van der Waals surface area (Å²) in [4.78, 5) is 2.48. The van der Waals surface area contributed by atoms with Crippen molar-refractivity contribution >= 4 is 0 Å². The third-order valence-corrected chi connectivity index (χ3v) is 5.98. The minimum atomic E-state index is 0.0964. The smallest absolute Gasteiger partial charge is 0.119 e. The van der Waals surface area contributed by atoms with Crippen LogP contribution in [0.25, 0.3) is 0 Å². The normalized spacial score (nSPS) is 16.2. The molecule has 2 rings (SSSR count). The van der Waals surface area contributed by atoms with E-state index in [1.165, 1.54) is 32.4 Å². The molecule has 40 heavy (non-hydrogen) atoms. The lowest BCUT2D eigenvalue weighted by Gasteiger charge is -2.26. The second-order valence-corrected chi connectivity index (χ2v) is 9.13. The Balaban J connectivity index is 0.00000363. The molecule has 1 heterocycles. The Kier molecular flexibility index (Phi) is 22.3. The van der Waals surface area contributed by atoms with E-state index in [1.54, 1.807) is 24.3 Å². The standard InChI is InChI=1S/C32H43NO3.C2H4.CH4O/c1-4-5-8-14-30(34)19-16-27(2)13-9-6-10-15-31(35)26-28(3)29-17-20-32(21-18-29)36-25-24-33-22-11-7-12-23-33;2*1-2/h4-5,8-10,13-21,26,28,34-35H,6-7,11-12,22-25H2,1-3H3;1-2H2;2H,1H3/b5-4-,13-9+,14-8+,15-10-,27-16+,30-19+,31-26+;;. The summed E-state index contributed by atoms with van der Waals surface area (Å²) in [6.45, 7) is 16.1. The first-order valence-electron chi connectivity index (χ1n) is 14.0. The van der Waals surface area contributed by atoms with E-state index in [2.05, 4.69) is 37.1 Å². The molecule has 0 bridgehead atoms. The van der Waals surface area contributed by atoms with Crippen molar-refractivity contribution < 1.29 is 20.1 Å². The molecule has 0 saturated carbocycles. The molecule has 0 spiro atoms. The minimum absolute atomic E-state index is 0.0964. The van der Waals surface area contributed by atoms with Crippen molar-refractivity contribution in [1.82, 2.24) is 4.90 Å². The van der Waals surface area contributed by atoms with Crippen LogP contribution >= 0.6 is 0 Å². The predicted octanol–water partition coefficient (Wildman–Crippen LogP) is 8.53. The lowest BCUT2D eigenvalue weighted by molar-refractivity contribution is 0.183. The zero-order valence-corrected chi connectivity index (χ0v) is 25.0. The Hall–Kier alpha value is -3.54. The first kappa shape index (κ1) is 36.5. The Morgan fingerprint density at radius 2 is 1.57 bits per heavy atom. The van der Waals surface area contributed by atoms with Crippen LogP contribution in [0.15, 0.2) is 121 Å². The summed E-state index contributed by atoms with van der Waals surface area (Å²) in [5, 5.41) is 27.0. The molecule has 1 aliphatic rings. The second kappa shape index (κ2) is 24.5. The number of piperidine rings is 1. The van der Waals surface area contributed by atoms with Gasteiger partial charge in [-0.15, -0.1) is 13.2 Å². The number of rotatable bonds is 13. The van der Waals surface area contributed by atoms with E-state index in [4.69, 9.17) is 9.84 Å². The lowest BCUT2D eigenvalue weighted by Crippen LogP contribution is -2.33. The fourth-order valence-electron chi connectivity index (χ4n) is 3.87. The van der Waals surface area contributed by atoms with Gasteiger partial charge in [-0.05, 0) is 88.2 Å². The highest BCUT2D eigenvalue weighted by Gasteiger charge is 2.09. The molecule has 1 aromatic rings. The van der Waals surface area contributed by atoms with Crippen LogP contribution in [-0.4, -0.2) is 53.6 Å². The molecule has 0 amide bonds. The van der Waals surface area contributed by atoms with Crippen LogP contribution in [0, 0.1) is 0 Å². The average molecular weight is 550 g/mol. The number of allylic oxidation sites excluding steroid dienone is 12. The highest BCUT2D eigenvalue weighted by atomic mass is 16.5.